The van der Waals surface area contributed by atoms with Crippen molar-refractivity contribution in [1.29, 1.82) is 0 Å². The van der Waals surface area contributed by atoms with E-state index in [1.807, 2.05) is 30.5 Å². The Morgan fingerprint density at radius 3 is 2.72 bits per heavy atom. The van der Waals surface area contributed by atoms with Crippen LogP contribution in [0.4, 0.5) is 4.39 Å². The molecule has 0 aliphatic carbocycles. The summed E-state index contributed by atoms with van der Waals surface area (Å²) in [5, 5.41) is 1.72. The van der Waals surface area contributed by atoms with Crippen molar-refractivity contribution in [2.75, 3.05) is 0 Å². The average Bonchev–Trinajstić information content (AvgIpc) is 2.83. The standard InChI is InChI=1S/C15H11ClFN/c16-13-5-6-15-11(7-8-18-15)12(13)9-10-3-1-2-4-14(10)17/h1-8,18H,9H2. The predicted octanol–water partition coefficient (Wildman–Crippen LogP) is 4.55. The maximum atomic E-state index is 13.7. The van der Waals surface area contributed by atoms with E-state index in [0.717, 1.165) is 16.5 Å². The highest BCUT2D eigenvalue weighted by atomic mass is 35.5. The summed E-state index contributed by atoms with van der Waals surface area (Å²) in [7, 11) is 0. The van der Waals surface area contributed by atoms with Crippen LogP contribution in [0.25, 0.3) is 10.9 Å². The number of hydrogen-bond acceptors (Lipinski definition) is 0. The molecule has 2 aromatic carbocycles. The Morgan fingerprint density at radius 2 is 1.89 bits per heavy atom. The van der Waals surface area contributed by atoms with Crippen LogP contribution in [0.5, 0.6) is 0 Å². The molecule has 3 rings (SSSR count). The molecule has 0 unspecified atom stereocenters. The Hall–Kier alpha value is -1.80. The van der Waals surface area contributed by atoms with Gasteiger partial charge >= 0.3 is 0 Å². The molecule has 0 aliphatic rings. The Balaban J connectivity index is 2.12. The molecule has 1 aromatic heterocycles. The van der Waals surface area contributed by atoms with Gasteiger partial charge in [0.15, 0.2) is 0 Å². The van der Waals surface area contributed by atoms with Gasteiger partial charge in [0.05, 0.1) is 0 Å². The van der Waals surface area contributed by atoms with Crippen molar-refractivity contribution in [3.63, 3.8) is 0 Å². The number of hydrogen-bond donors (Lipinski definition) is 1. The molecule has 0 spiro atoms. The molecule has 1 heterocycles. The van der Waals surface area contributed by atoms with Gasteiger partial charge in [0.1, 0.15) is 5.82 Å². The van der Waals surface area contributed by atoms with Gasteiger partial charge in [0.2, 0.25) is 0 Å². The largest absolute Gasteiger partial charge is 0.361 e. The number of benzene rings is 2. The zero-order valence-corrected chi connectivity index (χ0v) is 10.3. The molecule has 0 fully saturated rings. The van der Waals surface area contributed by atoms with Gasteiger partial charge in [-0.3, -0.25) is 0 Å². The van der Waals surface area contributed by atoms with Gasteiger partial charge in [-0.05, 0) is 35.4 Å². The lowest BCUT2D eigenvalue weighted by molar-refractivity contribution is 0.614. The van der Waals surface area contributed by atoms with Gasteiger partial charge in [-0.25, -0.2) is 4.39 Å². The molecular formula is C15H11ClFN. The SMILES string of the molecule is Fc1ccccc1Cc1c(Cl)ccc2[nH]ccc12. The fraction of sp³-hybridized carbons (Fsp3) is 0.0667. The Labute approximate surface area is 109 Å². The molecule has 0 saturated heterocycles. The van der Waals surface area contributed by atoms with E-state index in [1.54, 1.807) is 12.1 Å². The Bertz CT molecular complexity index is 703. The van der Waals surface area contributed by atoms with Crippen LogP contribution in [0.15, 0.2) is 48.7 Å². The molecule has 0 aliphatic heterocycles. The first-order valence-corrected chi connectivity index (χ1v) is 6.11. The number of H-pyrrole nitrogens is 1. The van der Waals surface area contributed by atoms with E-state index in [9.17, 15) is 4.39 Å². The molecule has 0 atom stereocenters. The van der Waals surface area contributed by atoms with Crippen LogP contribution in [0.1, 0.15) is 11.1 Å². The normalized spacial score (nSPS) is 11.0. The zero-order chi connectivity index (χ0) is 12.5. The van der Waals surface area contributed by atoms with Crippen LogP contribution >= 0.6 is 11.6 Å². The summed E-state index contributed by atoms with van der Waals surface area (Å²) in [6.45, 7) is 0. The molecule has 3 aromatic rings. The van der Waals surface area contributed by atoms with E-state index in [0.29, 0.717) is 17.0 Å². The van der Waals surface area contributed by atoms with Crippen LogP contribution in [-0.4, -0.2) is 4.98 Å². The van der Waals surface area contributed by atoms with Crippen LogP contribution in [0.3, 0.4) is 0 Å². The molecule has 0 bridgehead atoms. The van der Waals surface area contributed by atoms with Gasteiger partial charge < -0.3 is 4.98 Å². The third-order valence-corrected chi connectivity index (χ3v) is 3.47. The van der Waals surface area contributed by atoms with Crippen molar-refractivity contribution in [2.45, 2.75) is 6.42 Å². The summed E-state index contributed by atoms with van der Waals surface area (Å²) in [6.07, 6.45) is 2.37. The fourth-order valence-corrected chi connectivity index (χ4v) is 2.41. The molecule has 0 saturated carbocycles. The minimum atomic E-state index is -0.193. The van der Waals surface area contributed by atoms with Crippen molar-refractivity contribution in [3.8, 4) is 0 Å². The molecule has 0 radical (unpaired) electrons. The summed E-state index contributed by atoms with van der Waals surface area (Å²) < 4.78 is 13.7. The minimum absolute atomic E-state index is 0.193. The first-order chi connectivity index (χ1) is 8.75. The maximum Gasteiger partial charge on any atom is 0.126 e. The third kappa shape index (κ3) is 1.89. The van der Waals surface area contributed by atoms with E-state index in [1.165, 1.54) is 6.07 Å². The van der Waals surface area contributed by atoms with Crippen LogP contribution < -0.4 is 0 Å². The monoisotopic (exact) mass is 259 g/mol. The molecule has 1 N–H and O–H groups in total. The van der Waals surface area contributed by atoms with E-state index in [-0.39, 0.29) is 5.82 Å². The third-order valence-electron chi connectivity index (χ3n) is 3.11. The van der Waals surface area contributed by atoms with E-state index < -0.39 is 0 Å². The molecule has 18 heavy (non-hydrogen) atoms. The first kappa shape index (κ1) is 11.3. The quantitative estimate of drug-likeness (QED) is 0.695. The van der Waals surface area contributed by atoms with E-state index in [2.05, 4.69) is 4.98 Å². The van der Waals surface area contributed by atoms with Gasteiger partial charge in [-0.1, -0.05) is 29.8 Å². The van der Waals surface area contributed by atoms with E-state index in [4.69, 9.17) is 11.6 Å². The summed E-state index contributed by atoms with van der Waals surface area (Å²) in [4.78, 5) is 3.14. The topological polar surface area (TPSA) is 15.8 Å². The van der Waals surface area contributed by atoms with Crippen molar-refractivity contribution in [2.24, 2.45) is 0 Å². The van der Waals surface area contributed by atoms with Crippen molar-refractivity contribution in [3.05, 3.63) is 70.6 Å². The van der Waals surface area contributed by atoms with Gasteiger partial charge in [-0.2, -0.15) is 0 Å². The average molecular weight is 260 g/mol. The number of fused-ring (bicyclic) bond motifs is 1. The van der Waals surface area contributed by atoms with Crippen molar-refractivity contribution < 1.29 is 4.39 Å². The number of halogens is 2. The van der Waals surface area contributed by atoms with Crippen molar-refractivity contribution in [1.82, 2.24) is 4.98 Å². The maximum absolute atomic E-state index is 13.7. The minimum Gasteiger partial charge on any atom is -0.361 e. The molecule has 1 nitrogen and oxygen atoms in total. The van der Waals surface area contributed by atoms with Gasteiger partial charge in [0.25, 0.3) is 0 Å². The number of nitrogens with one attached hydrogen (secondary N) is 1. The Morgan fingerprint density at radius 1 is 1.06 bits per heavy atom. The second kappa shape index (κ2) is 4.46. The number of aromatic nitrogens is 1. The van der Waals surface area contributed by atoms with Gasteiger partial charge in [0, 0.05) is 28.5 Å². The summed E-state index contributed by atoms with van der Waals surface area (Å²) in [5.41, 5.74) is 2.64. The van der Waals surface area contributed by atoms with Crippen LogP contribution in [-0.2, 0) is 6.42 Å². The van der Waals surface area contributed by atoms with Crippen LogP contribution in [0, 0.1) is 5.82 Å². The number of rotatable bonds is 2. The Kier molecular flexibility index (Phi) is 2.80. The molecule has 3 heteroatoms. The first-order valence-electron chi connectivity index (χ1n) is 5.73. The predicted molar refractivity (Wildman–Crippen MR) is 72.5 cm³/mol. The zero-order valence-electron chi connectivity index (χ0n) is 9.58. The summed E-state index contributed by atoms with van der Waals surface area (Å²) >= 11 is 6.23. The lowest BCUT2D eigenvalue weighted by atomic mass is 10.0. The second-order valence-corrected chi connectivity index (χ2v) is 4.64. The summed E-state index contributed by atoms with van der Waals surface area (Å²) in [5.74, 6) is -0.193. The molecular weight excluding hydrogens is 249 g/mol. The van der Waals surface area contributed by atoms with Gasteiger partial charge in [-0.15, -0.1) is 0 Å². The lowest BCUT2D eigenvalue weighted by Gasteiger charge is -2.07. The fourth-order valence-electron chi connectivity index (χ4n) is 2.18. The van der Waals surface area contributed by atoms with Crippen LogP contribution in [0.2, 0.25) is 5.02 Å². The highest BCUT2D eigenvalue weighted by Crippen LogP contribution is 2.28. The molecule has 0 amide bonds. The molecule has 90 valence electrons. The second-order valence-electron chi connectivity index (χ2n) is 4.23. The number of aromatic amines is 1. The van der Waals surface area contributed by atoms with E-state index >= 15 is 0 Å². The highest BCUT2D eigenvalue weighted by molar-refractivity contribution is 6.32. The summed E-state index contributed by atoms with van der Waals surface area (Å²) in [6, 6.07) is 12.5. The smallest absolute Gasteiger partial charge is 0.126 e. The lowest BCUT2D eigenvalue weighted by Crippen LogP contribution is -1.94. The van der Waals surface area contributed by atoms with Crippen molar-refractivity contribution >= 4 is 22.5 Å². The highest BCUT2D eigenvalue weighted by Gasteiger charge is 2.10.